The smallest absolute Gasteiger partial charge is 0.142 e. The van der Waals surface area contributed by atoms with Crippen molar-refractivity contribution in [2.45, 2.75) is 56.8 Å². The number of fused-ring (bicyclic) bond motifs is 2. The van der Waals surface area contributed by atoms with Crippen molar-refractivity contribution in [2.75, 3.05) is 7.11 Å². The molecular formula is C16H21Cl2NO2. The molecule has 21 heavy (non-hydrogen) atoms. The second-order valence-corrected chi connectivity index (χ2v) is 6.96. The number of methoxy groups -OCH3 is 1. The molecular weight excluding hydrogens is 309 g/mol. The van der Waals surface area contributed by atoms with E-state index in [0.29, 0.717) is 27.9 Å². The van der Waals surface area contributed by atoms with Gasteiger partial charge in [-0.3, -0.25) is 4.90 Å². The van der Waals surface area contributed by atoms with Crippen LogP contribution >= 0.6 is 23.2 Å². The van der Waals surface area contributed by atoms with Gasteiger partial charge in [-0.05, 0) is 37.8 Å². The summed E-state index contributed by atoms with van der Waals surface area (Å²) < 4.78 is 5.45. The number of aliphatic hydroxyl groups excluding tert-OH is 1. The molecule has 2 saturated heterocycles. The van der Waals surface area contributed by atoms with Gasteiger partial charge in [-0.25, -0.2) is 0 Å². The minimum atomic E-state index is -0.151. The lowest BCUT2D eigenvalue weighted by Crippen LogP contribution is -2.52. The summed E-state index contributed by atoms with van der Waals surface area (Å²) in [6.07, 6.45) is 5.15. The topological polar surface area (TPSA) is 32.7 Å². The molecule has 0 saturated carbocycles. The van der Waals surface area contributed by atoms with Crippen LogP contribution < -0.4 is 4.74 Å². The van der Waals surface area contributed by atoms with E-state index in [9.17, 15) is 5.11 Å². The van der Waals surface area contributed by atoms with E-state index in [1.807, 2.05) is 6.07 Å². The Morgan fingerprint density at radius 3 is 2.52 bits per heavy atom. The van der Waals surface area contributed by atoms with Crippen LogP contribution in [0.1, 0.15) is 37.7 Å². The maximum atomic E-state index is 9.99. The molecule has 1 N–H and O–H groups in total. The minimum absolute atomic E-state index is 0.151. The Morgan fingerprint density at radius 2 is 1.90 bits per heavy atom. The van der Waals surface area contributed by atoms with Gasteiger partial charge < -0.3 is 9.84 Å². The first kappa shape index (κ1) is 15.4. The third kappa shape index (κ3) is 3.16. The third-order valence-corrected chi connectivity index (χ3v) is 5.24. The Bertz CT molecular complexity index is 509. The van der Waals surface area contributed by atoms with E-state index in [2.05, 4.69) is 4.90 Å². The SMILES string of the molecule is COc1c(Cl)cc(Cl)cc1CN1[C@@H]2CCC[C@H]1CC(O)C2. The predicted octanol–water partition coefficient (Wildman–Crippen LogP) is 3.88. The molecule has 5 heteroatoms. The first-order valence-corrected chi connectivity index (χ1v) is 8.29. The van der Waals surface area contributed by atoms with Crippen molar-refractivity contribution in [3.63, 3.8) is 0 Å². The molecule has 0 spiro atoms. The lowest BCUT2D eigenvalue weighted by Gasteiger charge is -2.48. The van der Waals surface area contributed by atoms with E-state index in [-0.39, 0.29) is 6.10 Å². The van der Waals surface area contributed by atoms with Crippen molar-refractivity contribution >= 4 is 23.2 Å². The zero-order valence-electron chi connectivity index (χ0n) is 12.2. The molecule has 3 nitrogen and oxygen atoms in total. The molecule has 2 fully saturated rings. The fourth-order valence-electron chi connectivity index (χ4n) is 3.86. The van der Waals surface area contributed by atoms with E-state index >= 15 is 0 Å². The highest BCUT2D eigenvalue weighted by atomic mass is 35.5. The Labute approximate surface area is 135 Å². The van der Waals surface area contributed by atoms with E-state index in [1.165, 1.54) is 6.42 Å². The van der Waals surface area contributed by atoms with Crippen molar-refractivity contribution in [1.29, 1.82) is 0 Å². The van der Waals surface area contributed by atoms with Crippen LogP contribution in [0.5, 0.6) is 5.75 Å². The molecule has 0 amide bonds. The fraction of sp³-hybridized carbons (Fsp3) is 0.625. The molecule has 2 aliphatic rings. The van der Waals surface area contributed by atoms with Crippen molar-refractivity contribution in [2.24, 2.45) is 0 Å². The first-order chi connectivity index (χ1) is 10.1. The molecule has 1 unspecified atom stereocenters. The summed E-state index contributed by atoms with van der Waals surface area (Å²) in [7, 11) is 1.64. The molecule has 2 aliphatic heterocycles. The average molecular weight is 330 g/mol. The van der Waals surface area contributed by atoms with Gasteiger partial charge in [0, 0.05) is 29.2 Å². The fourth-order valence-corrected chi connectivity index (χ4v) is 4.48. The average Bonchev–Trinajstić information content (AvgIpc) is 2.39. The van der Waals surface area contributed by atoms with E-state index in [1.54, 1.807) is 13.2 Å². The normalized spacial score (nSPS) is 29.4. The Morgan fingerprint density at radius 1 is 1.24 bits per heavy atom. The van der Waals surface area contributed by atoms with E-state index < -0.39 is 0 Å². The zero-order valence-corrected chi connectivity index (χ0v) is 13.7. The van der Waals surface area contributed by atoms with Crippen LogP contribution in [-0.4, -0.2) is 35.3 Å². The lowest BCUT2D eigenvalue weighted by atomic mass is 9.82. The quantitative estimate of drug-likeness (QED) is 0.913. The number of ether oxygens (including phenoxy) is 1. The number of halogens is 2. The van der Waals surface area contributed by atoms with Gasteiger partial charge in [-0.2, -0.15) is 0 Å². The van der Waals surface area contributed by atoms with Crippen LogP contribution in [0.25, 0.3) is 0 Å². The Balaban J connectivity index is 1.86. The molecule has 2 bridgehead atoms. The summed E-state index contributed by atoms with van der Waals surface area (Å²) in [6, 6.07) is 4.56. The van der Waals surface area contributed by atoms with Crippen LogP contribution in [0.4, 0.5) is 0 Å². The highest BCUT2D eigenvalue weighted by Crippen LogP contribution is 2.38. The van der Waals surface area contributed by atoms with Crippen molar-refractivity contribution < 1.29 is 9.84 Å². The van der Waals surface area contributed by atoms with Gasteiger partial charge in [0.1, 0.15) is 5.75 Å². The zero-order chi connectivity index (χ0) is 15.0. The number of nitrogens with zero attached hydrogens (tertiary/aromatic N) is 1. The van der Waals surface area contributed by atoms with Gasteiger partial charge in [0.05, 0.1) is 18.2 Å². The number of aliphatic hydroxyl groups is 1. The molecule has 116 valence electrons. The summed E-state index contributed by atoms with van der Waals surface area (Å²) in [4.78, 5) is 2.50. The number of benzene rings is 1. The number of hydrogen-bond acceptors (Lipinski definition) is 3. The molecule has 3 atom stereocenters. The molecule has 0 aromatic heterocycles. The number of piperidine rings is 2. The second kappa shape index (κ2) is 6.33. The molecule has 1 aromatic carbocycles. The van der Waals surface area contributed by atoms with Crippen LogP contribution in [-0.2, 0) is 6.54 Å². The molecule has 0 aliphatic carbocycles. The predicted molar refractivity (Wildman–Crippen MR) is 85.2 cm³/mol. The summed E-state index contributed by atoms with van der Waals surface area (Å²) in [5.41, 5.74) is 1.03. The summed E-state index contributed by atoms with van der Waals surface area (Å²) in [6.45, 7) is 0.783. The van der Waals surface area contributed by atoms with Crippen LogP contribution in [0.2, 0.25) is 10.0 Å². The van der Waals surface area contributed by atoms with Crippen molar-refractivity contribution in [3.05, 3.63) is 27.7 Å². The van der Waals surface area contributed by atoms with E-state index in [0.717, 1.165) is 37.8 Å². The van der Waals surface area contributed by atoms with Gasteiger partial charge >= 0.3 is 0 Å². The Kier molecular flexibility index (Phi) is 4.65. The minimum Gasteiger partial charge on any atom is -0.495 e. The summed E-state index contributed by atoms with van der Waals surface area (Å²) in [5, 5.41) is 11.2. The van der Waals surface area contributed by atoms with Crippen LogP contribution in [0, 0.1) is 0 Å². The molecule has 2 heterocycles. The third-order valence-electron chi connectivity index (χ3n) is 4.74. The largest absolute Gasteiger partial charge is 0.495 e. The van der Waals surface area contributed by atoms with Crippen molar-refractivity contribution in [3.8, 4) is 5.75 Å². The van der Waals surface area contributed by atoms with Gasteiger partial charge in [0.2, 0.25) is 0 Å². The standard InChI is InChI=1S/C16H21Cl2NO2/c1-21-16-10(5-11(17)6-15(16)18)9-19-12-3-2-4-13(19)8-14(20)7-12/h5-6,12-14,20H,2-4,7-9H2,1H3/t12-,13+,14?. The molecule has 1 aromatic rings. The van der Waals surface area contributed by atoms with Gasteiger partial charge in [-0.15, -0.1) is 0 Å². The maximum absolute atomic E-state index is 9.99. The van der Waals surface area contributed by atoms with Crippen molar-refractivity contribution in [1.82, 2.24) is 4.90 Å². The van der Waals surface area contributed by atoms with Gasteiger partial charge in [0.15, 0.2) is 0 Å². The summed E-state index contributed by atoms with van der Waals surface area (Å²) in [5.74, 6) is 0.713. The molecule has 0 radical (unpaired) electrons. The number of hydrogen-bond donors (Lipinski definition) is 1. The highest BCUT2D eigenvalue weighted by Gasteiger charge is 2.37. The first-order valence-electron chi connectivity index (χ1n) is 7.54. The lowest BCUT2D eigenvalue weighted by molar-refractivity contribution is -0.0315. The number of rotatable bonds is 3. The second-order valence-electron chi connectivity index (χ2n) is 6.12. The van der Waals surface area contributed by atoms with Gasteiger partial charge in [0.25, 0.3) is 0 Å². The van der Waals surface area contributed by atoms with Crippen LogP contribution in [0.15, 0.2) is 12.1 Å². The maximum Gasteiger partial charge on any atom is 0.142 e. The highest BCUT2D eigenvalue weighted by molar-refractivity contribution is 6.35. The molecule has 3 rings (SSSR count). The monoisotopic (exact) mass is 329 g/mol. The van der Waals surface area contributed by atoms with Gasteiger partial charge in [-0.1, -0.05) is 29.6 Å². The summed E-state index contributed by atoms with van der Waals surface area (Å²) >= 11 is 12.4. The van der Waals surface area contributed by atoms with Crippen LogP contribution in [0.3, 0.4) is 0 Å². The Hall–Kier alpha value is -0.480. The van der Waals surface area contributed by atoms with E-state index in [4.69, 9.17) is 27.9 Å².